The standard InChI is InChI=1S/C26H24N2O3S/c1-3-30-23-10-6-7-11-24(23)31-16-25(29)27-20-14-12-19(13-15-20)22-17-32-26(28-22)21-9-5-4-8-18(21)2/h4-15,17H,3,16H2,1-2H3,(H,27,29). The van der Waals surface area contributed by atoms with E-state index in [0.29, 0.717) is 23.8 Å². The van der Waals surface area contributed by atoms with Gasteiger partial charge in [0.05, 0.1) is 12.3 Å². The third-order valence-electron chi connectivity index (χ3n) is 4.85. The second kappa shape index (κ2) is 10.1. The maximum atomic E-state index is 12.3. The van der Waals surface area contributed by atoms with Crippen molar-refractivity contribution in [3.8, 4) is 33.3 Å². The zero-order valence-electron chi connectivity index (χ0n) is 18.0. The van der Waals surface area contributed by atoms with Crippen molar-refractivity contribution in [2.45, 2.75) is 13.8 Å². The lowest BCUT2D eigenvalue weighted by molar-refractivity contribution is -0.118. The molecule has 0 spiro atoms. The summed E-state index contributed by atoms with van der Waals surface area (Å²) in [4.78, 5) is 17.1. The minimum Gasteiger partial charge on any atom is -0.490 e. The van der Waals surface area contributed by atoms with Gasteiger partial charge < -0.3 is 14.8 Å². The number of amides is 1. The molecule has 0 saturated carbocycles. The number of aromatic nitrogens is 1. The summed E-state index contributed by atoms with van der Waals surface area (Å²) in [5.41, 5.74) is 4.98. The first-order valence-electron chi connectivity index (χ1n) is 10.4. The van der Waals surface area contributed by atoms with Gasteiger partial charge >= 0.3 is 0 Å². The van der Waals surface area contributed by atoms with E-state index >= 15 is 0 Å². The second-order valence-electron chi connectivity index (χ2n) is 7.15. The number of aryl methyl sites for hydroxylation is 1. The largest absolute Gasteiger partial charge is 0.490 e. The lowest BCUT2D eigenvalue weighted by Gasteiger charge is -2.11. The molecule has 3 aromatic carbocycles. The van der Waals surface area contributed by atoms with Crippen molar-refractivity contribution < 1.29 is 14.3 Å². The van der Waals surface area contributed by atoms with Crippen LogP contribution in [0.5, 0.6) is 11.5 Å². The maximum absolute atomic E-state index is 12.3. The van der Waals surface area contributed by atoms with Crippen molar-refractivity contribution in [2.24, 2.45) is 0 Å². The van der Waals surface area contributed by atoms with Crippen LogP contribution in [0.1, 0.15) is 12.5 Å². The molecule has 0 unspecified atom stereocenters. The first-order chi connectivity index (χ1) is 15.6. The number of hydrogen-bond donors (Lipinski definition) is 1. The van der Waals surface area contributed by atoms with Crippen molar-refractivity contribution in [1.29, 1.82) is 0 Å². The molecule has 162 valence electrons. The fourth-order valence-electron chi connectivity index (χ4n) is 3.25. The monoisotopic (exact) mass is 444 g/mol. The molecule has 0 aliphatic carbocycles. The predicted molar refractivity (Wildman–Crippen MR) is 129 cm³/mol. The van der Waals surface area contributed by atoms with Gasteiger partial charge in [-0.15, -0.1) is 11.3 Å². The summed E-state index contributed by atoms with van der Waals surface area (Å²) in [6.07, 6.45) is 0. The Morgan fingerprint density at radius 2 is 1.62 bits per heavy atom. The number of hydrogen-bond acceptors (Lipinski definition) is 5. The number of nitrogens with zero attached hydrogens (tertiary/aromatic N) is 1. The minimum atomic E-state index is -0.237. The van der Waals surface area contributed by atoms with Crippen LogP contribution < -0.4 is 14.8 Å². The molecular weight excluding hydrogens is 420 g/mol. The Bertz CT molecular complexity index is 1200. The molecule has 0 saturated heterocycles. The Hall–Kier alpha value is -3.64. The van der Waals surface area contributed by atoms with Crippen LogP contribution in [0.15, 0.2) is 78.2 Å². The number of thiazole rings is 1. The van der Waals surface area contributed by atoms with Crippen LogP contribution in [0.25, 0.3) is 21.8 Å². The van der Waals surface area contributed by atoms with E-state index in [4.69, 9.17) is 14.5 Å². The molecule has 0 bridgehead atoms. The van der Waals surface area contributed by atoms with E-state index in [0.717, 1.165) is 21.8 Å². The Morgan fingerprint density at radius 3 is 2.34 bits per heavy atom. The average molecular weight is 445 g/mol. The summed E-state index contributed by atoms with van der Waals surface area (Å²) in [5, 5.41) is 5.91. The molecule has 4 aromatic rings. The van der Waals surface area contributed by atoms with Gasteiger partial charge in [-0.2, -0.15) is 0 Å². The van der Waals surface area contributed by atoms with Crippen LogP contribution in [0.2, 0.25) is 0 Å². The Balaban J connectivity index is 1.37. The topological polar surface area (TPSA) is 60.5 Å². The van der Waals surface area contributed by atoms with Gasteiger partial charge in [-0.3, -0.25) is 4.79 Å². The molecule has 0 aliphatic heterocycles. The number of nitrogens with one attached hydrogen (secondary N) is 1. The van der Waals surface area contributed by atoms with Gasteiger partial charge in [0, 0.05) is 22.2 Å². The van der Waals surface area contributed by atoms with Gasteiger partial charge in [-0.05, 0) is 43.7 Å². The van der Waals surface area contributed by atoms with E-state index in [9.17, 15) is 4.79 Å². The van der Waals surface area contributed by atoms with Crippen molar-refractivity contribution in [3.63, 3.8) is 0 Å². The van der Waals surface area contributed by atoms with Crippen molar-refractivity contribution >= 4 is 22.9 Å². The van der Waals surface area contributed by atoms with Gasteiger partial charge in [-0.1, -0.05) is 48.5 Å². The molecule has 1 amide bonds. The number of para-hydroxylation sites is 2. The molecule has 1 heterocycles. The number of carbonyl (C=O) groups excluding carboxylic acids is 1. The molecule has 0 fully saturated rings. The molecule has 0 aliphatic rings. The van der Waals surface area contributed by atoms with Gasteiger partial charge in [0.25, 0.3) is 5.91 Å². The van der Waals surface area contributed by atoms with Gasteiger partial charge in [0.15, 0.2) is 18.1 Å². The highest BCUT2D eigenvalue weighted by molar-refractivity contribution is 7.13. The summed E-state index contributed by atoms with van der Waals surface area (Å²) >= 11 is 1.63. The molecule has 5 nitrogen and oxygen atoms in total. The van der Waals surface area contributed by atoms with Crippen molar-refractivity contribution in [1.82, 2.24) is 4.98 Å². The zero-order valence-corrected chi connectivity index (χ0v) is 18.8. The normalized spacial score (nSPS) is 10.6. The highest BCUT2D eigenvalue weighted by atomic mass is 32.1. The van der Waals surface area contributed by atoms with Crippen molar-refractivity contribution in [2.75, 3.05) is 18.5 Å². The maximum Gasteiger partial charge on any atom is 0.262 e. The molecule has 32 heavy (non-hydrogen) atoms. The third kappa shape index (κ3) is 5.15. The Morgan fingerprint density at radius 1 is 0.938 bits per heavy atom. The first kappa shape index (κ1) is 21.6. The molecule has 1 aromatic heterocycles. The van der Waals surface area contributed by atoms with Crippen molar-refractivity contribution in [3.05, 3.63) is 83.7 Å². The summed E-state index contributed by atoms with van der Waals surface area (Å²) in [6, 6.07) is 23.2. The van der Waals surface area contributed by atoms with Gasteiger partial charge in [-0.25, -0.2) is 4.98 Å². The number of benzene rings is 3. The minimum absolute atomic E-state index is 0.0995. The van der Waals surface area contributed by atoms with E-state index in [2.05, 4.69) is 29.8 Å². The molecule has 4 rings (SSSR count). The lowest BCUT2D eigenvalue weighted by Crippen LogP contribution is -2.20. The van der Waals surface area contributed by atoms with E-state index < -0.39 is 0 Å². The highest BCUT2D eigenvalue weighted by Crippen LogP contribution is 2.31. The third-order valence-corrected chi connectivity index (χ3v) is 5.73. The van der Waals surface area contributed by atoms with Crippen LogP contribution in [0, 0.1) is 6.92 Å². The smallest absolute Gasteiger partial charge is 0.262 e. The second-order valence-corrected chi connectivity index (χ2v) is 8.00. The first-order valence-corrected chi connectivity index (χ1v) is 11.3. The summed E-state index contributed by atoms with van der Waals surface area (Å²) in [6.45, 7) is 4.43. The number of carbonyl (C=O) groups is 1. The van der Waals surface area contributed by atoms with E-state index in [1.807, 2.05) is 61.5 Å². The quantitative estimate of drug-likeness (QED) is 0.351. The molecular formula is C26H24N2O3S. The SMILES string of the molecule is CCOc1ccccc1OCC(=O)Nc1ccc(-c2csc(-c3ccccc3C)n2)cc1. The Kier molecular flexibility index (Phi) is 6.82. The molecule has 1 N–H and O–H groups in total. The number of ether oxygens (including phenoxy) is 2. The van der Waals surface area contributed by atoms with Crippen LogP contribution in [0.3, 0.4) is 0 Å². The molecule has 0 radical (unpaired) electrons. The fourth-order valence-corrected chi connectivity index (χ4v) is 4.17. The summed E-state index contributed by atoms with van der Waals surface area (Å²) in [7, 11) is 0. The van der Waals surface area contributed by atoms with E-state index in [1.165, 1.54) is 5.56 Å². The molecule has 6 heteroatoms. The van der Waals surface area contributed by atoms with E-state index in [1.54, 1.807) is 17.4 Å². The highest BCUT2D eigenvalue weighted by Gasteiger charge is 2.10. The van der Waals surface area contributed by atoms with E-state index in [-0.39, 0.29) is 12.5 Å². The van der Waals surface area contributed by atoms with Crippen LogP contribution >= 0.6 is 11.3 Å². The van der Waals surface area contributed by atoms with Crippen LogP contribution in [-0.4, -0.2) is 24.1 Å². The summed E-state index contributed by atoms with van der Waals surface area (Å²) in [5.74, 6) is 0.938. The predicted octanol–water partition coefficient (Wildman–Crippen LogP) is 6.20. The average Bonchev–Trinajstić information content (AvgIpc) is 3.29. The number of anilines is 1. The number of rotatable bonds is 8. The zero-order chi connectivity index (χ0) is 22.3. The van der Waals surface area contributed by atoms with Crippen LogP contribution in [-0.2, 0) is 4.79 Å². The Labute approximate surface area is 191 Å². The lowest BCUT2D eigenvalue weighted by atomic mass is 10.1. The van der Waals surface area contributed by atoms with Gasteiger partial charge in [0.1, 0.15) is 5.01 Å². The van der Waals surface area contributed by atoms with Gasteiger partial charge in [0.2, 0.25) is 0 Å². The summed E-state index contributed by atoms with van der Waals surface area (Å²) < 4.78 is 11.1. The van der Waals surface area contributed by atoms with Crippen LogP contribution in [0.4, 0.5) is 5.69 Å². The fraction of sp³-hybridized carbons (Fsp3) is 0.154. The molecule has 0 atom stereocenters.